The molecule has 1 heterocycles. The fourth-order valence-electron chi connectivity index (χ4n) is 1.96. The lowest BCUT2D eigenvalue weighted by atomic mass is 10.2. The van der Waals surface area contributed by atoms with Crippen LogP contribution in [-0.4, -0.2) is 19.7 Å². The average Bonchev–Trinajstić information content (AvgIpc) is 2.76. The maximum Gasteiger partial charge on any atom is 0.313 e. The molecule has 7 nitrogen and oxygen atoms in total. The third-order valence-electron chi connectivity index (χ3n) is 3.11. The lowest BCUT2D eigenvalue weighted by Crippen LogP contribution is -2.06. The summed E-state index contributed by atoms with van der Waals surface area (Å²) in [6.45, 7) is 3.82. The maximum atomic E-state index is 11.1. The van der Waals surface area contributed by atoms with Gasteiger partial charge in [0.05, 0.1) is 4.92 Å². The molecule has 0 saturated carbocycles. The maximum absolute atomic E-state index is 11.1. The van der Waals surface area contributed by atoms with Gasteiger partial charge < -0.3 is 9.30 Å². The number of hydrogen-bond acceptors (Lipinski definition) is 5. The fourth-order valence-corrected chi connectivity index (χ4v) is 1.96. The van der Waals surface area contributed by atoms with Crippen molar-refractivity contribution in [1.82, 2.24) is 14.8 Å². The van der Waals surface area contributed by atoms with Crippen LogP contribution >= 0.6 is 0 Å². The molecule has 0 atom stereocenters. The van der Waals surface area contributed by atoms with Crippen LogP contribution in [-0.2, 0) is 20.1 Å². The molecular formula is C13H16N4O3. The van der Waals surface area contributed by atoms with Gasteiger partial charge in [-0.05, 0) is 13.0 Å². The number of aromatic nitrogens is 3. The van der Waals surface area contributed by atoms with Crippen LogP contribution in [0.5, 0.6) is 5.75 Å². The predicted molar refractivity (Wildman–Crippen MR) is 72.5 cm³/mol. The van der Waals surface area contributed by atoms with Crippen LogP contribution in [0.1, 0.15) is 24.1 Å². The molecule has 0 aliphatic heterocycles. The Balaban J connectivity index is 2.21. The van der Waals surface area contributed by atoms with Gasteiger partial charge in [0.2, 0.25) is 0 Å². The molecule has 106 valence electrons. The summed E-state index contributed by atoms with van der Waals surface area (Å²) in [7, 11) is 1.85. The second-order valence-corrected chi connectivity index (χ2v) is 4.41. The minimum absolute atomic E-state index is 0.00890. The zero-order valence-electron chi connectivity index (χ0n) is 11.7. The minimum atomic E-state index is -0.432. The highest BCUT2D eigenvalue weighted by molar-refractivity contribution is 5.52. The zero-order valence-corrected chi connectivity index (χ0v) is 11.7. The quantitative estimate of drug-likeness (QED) is 0.617. The highest BCUT2D eigenvalue weighted by Gasteiger charge is 2.19. The zero-order chi connectivity index (χ0) is 14.7. The molecule has 2 aromatic rings. The molecule has 0 saturated heterocycles. The lowest BCUT2D eigenvalue weighted by Gasteiger charge is -2.08. The van der Waals surface area contributed by atoms with Gasteiger partial charge in [-0.2, -0.15) is 0 Å². The van der Waals surface area contributed by atoms with Crippen molar-refractivity contribution in [2.45, 2.75) is 26.9 Å². The summed E-state index contributed by atoms with van der Waals surface area (Å²) in [6, 6.07) is 5.00. The molecule has 0 amide bonds. The molecule has 1 aromatic heterocycles. The molecule has 20 heavy (non-hydrogen) atoms. The van der Waals surface area contributed by atoms with E-state index < -0.39 is 4.92 Å². The number of aryl methyl sites for hydroxylation is 2. The first-order chi connectivity index (χ1) is 9.54. The monoisotopic (exact) mass is 276 g/mol. The van der Waals surface area contributed by atoms with Crippen molar-refractivity contribution in [3.05, 3.63) is 45.5 Å². The smallest absolute Gasteiger partial charge is 0.313 e. The van der Waals surface area contributed by atoms with E-state index in [0.717, 1.165) is 12.2 Å². The number of benzene rings is 1. The minimum Gasteiger partial charge on any atom is -0.479 e. The van der Waals surface area contributed by atoms with Crippen LogP contribution in [0.2, 0.25) is 0 Å². The van der Waals surface area contributed by atoms with Gasteiger partial charge in [0.15, 0.2) is 11.6 Å². The molecule has 0 unspecified atom stereocenters. The van der Waals surface area contributed by atoms with Crippen LogP contribution in [0.15, 0.2) is 18.2 Å². The van der Waals surface area contributed by atoms with Gasteiger partial charge in [-0.25, -0.2) is 0 Å². The van der Waals surface area contributed by atoms with Crippen molar-refractivity contribution in [3.8, 4) is 5.75 Å². The van der Waals surface area contributed by atoms with E-state index >= 15 is 0 Å². The van der Waals surface area contributed by atoms with Crippen LogP contribution in [0.3, 0.4) is 0 Å². The normalized spacial score (nSPS) is 10.6. The van der Waals surface area contributed by atoms with Crippen molar-refractivity contribution in [2.24, 2.45) is 7.05 Å². The first-order valence-electron chi connectivity index (χ1n) is 6.28. The van der Waals surface area contributed by atoms with Crippen LogP contribution in [0, 0.1) is 17.0 Å². The van der Waals surface area contributed by atoms with Gasteiger partial charge >= 0.3 is 5.69 Å². The molecule has 0 aliphatic rings. The molecule has 1 aromatic carbocycles. The van der Waals surface area contributed by atoms with Crippen molar-refractivity contribution < 1.29 is 9.66 Å². The summed E-state index contributed by atoms with van der Waals surface area (Å²) >= 11 is 0. The standard InChI is InChI=1S/C13H16N4O3/c1-4-11-14-15-12(16(11)3)8-20-10-7-5-6-9(2)13(10)17(18)19/h5-7H,4,8H2,1-3H3. The van der Waals surface area contributed by atoms with Crippen molar-refractivity contribution in [3.63, 3.8) is 0 Å². The summed E-state index contributed by atoms with van der Waals surface area (Å²) in [5.74, 6) is 1.73. The van der Waals surface area contributed by atoms with Crippen LogP contribution in [0.25, 0.3) is 0 Å². The summed E-state index contributed by atoms with van der Waals surface area (Å²) in [5, 5.41) is 19.1. The van der Waals surface area contributed by atoms with E-state index in [1.54, 1.807) is 25.1 Å². The van der Waals surface area contributed by atoms with Crippen molar-refractivity contribution in [1.29, 1.82) is 0 Å². The Labute approximate surface area is 116 Å². The van der Waals surface area contributed by atoms with Gasteiger partial charge in [-0.3, -0.25) is 10.1 Å². The van der Waals surface area contributed by atoms with E-state index in [-0.39, 0.29) is 18.0 Å². The van der Waals surface area contributed by atoms with E-state index in [4.69, 9.17) is 4.74 Å². The largest absolute Gasteiger partial charge is 0.479 e. The number of nitro groups is 1. The molecule has 0 bridgehead atoms. The second-order valence-electron chi connectivity index (χ2n) is 4.41. The topological polar surface area (TPSA) is 83.1 Å². The Morgan fingerprint density at radius 1 is 1.35 bits per heavy atom. The predicted octanol–water partition coefficient (Wildman–Crippen LogP) is 2.17. The molecule has 0 N–H and O–H groups in total. The Bertz CT molecular complexity index is 637. The summed E-state index contributed by atoms with van der Waals surface area (Å²) in [4.78, 5) is 10.6. The van der Waals surface area contributed by atoms with Gasteiger partial charge in [0, 0.05) is 19.0 Å². The van der Waals surface area contributed by atoms with Crippen molar-refractivity contribution >= 4 is 5.69 Å². The third kappa shape index (κ3) is 2.61. The van der Waals surface area contributed by atoms with E-state index in [1.807, 2.05) is 18.5 Å². The Morgan fingerprint density at radius 2 is 2.05 bits per heavy atom. The summed E-state index contributed by atoms with van der Waals surface area (Å²) < 4.78 is 7.37. The SMILES string of the molecule is CCc1nnc(COc2cccc(C)c2[N+](=O)[O-])n1C. The van der Waals surface area contributed by atoms with Gasteiger partial charge in [0.1, 0.15) is 12.4 Å². The molecule has 0 aliphatic carbocycles. The number of hydrogen-bond donors (Lipinski definition) is 0. The van der Waals surface area contributed by atoms with Gasteiger partial charge in [-0.1, -0.05) is 19.1 Å². The number of nitrogens with zero attached hydrogens (tertiary/aromatic N) is 4. The van der Waals surface area contributed by atoms with Gasteiger partial charge in [-0.15, -0.1) is 10.2 Å². The van der Waals surface area contributed by atoms with Crippen molar-refractivity contribution in [2.75, 3.05) is 0 Å². The molecular weight excluding hydrogens is 260 g/mol. The number of para-hydroxylation sites is 1. The first-order valence-corrected chi connectivity index (χ1v) is 6.28. The molecule has 0 fully saturated rings. The lowest BCUT2D eigenvalue weighted by molar-refractivity contribution is -0.386. The number of rotatable bonds is 5. The Morgan fingerprint density at radius 3 is 2.65 bits per heavy atom. The second kappa shape index (κ2) is 5.68. The molecule has 0 radical (unpaired) electrons. The van der Waals surface area contributed by atoms with E-state index in [1.165, 1.54) is 0 Å². The molecule has 7 heteroatoms. The average molecular weight is 276 g/mol. The Hall–Kier alpha value is -2.44. The van der Waals surface area contributed by atoms with E-state index in [0.29, 0.717) is 11.4 Å². The molecule has 2 rings (SSSR count). The van der Waals surface area contributed by atoms with Crippen LogP contribution < -0.4 is 4.74 Å². The fraction of sp³-hybridized carbons (Fsp3) is 0.385. The summed E-state index contributed by atoms with van der Waals surface area (Å²) in [6.07, 6.45) is 0.772. The highest BCUT2D eigenvalue weighted by Crippen LogP contribution is 2.30. The van der Waals surface area contributed by atoms with E-state index in [9.17, 15) is 10.1 Å². The third-order valence-corrected chi connectivity index (χ3v) is 3.11. The first kappa shape index (κ1) is 14.0. The van der Waals surface area contributed by atoms with Gasteiger partial charge in [0.25, 0.3) is 0 Å². The molecule has 0 spiro atoms. The highest BCUT2D eigenvalue weighted by atomic mass is 16.6. The van der Waals surface area contributed by atoms with Crippen LogP contribution in [0.4, 0.5) is 5.69 Å². The number of nitro benzene ring substituents is 1. The Kier molecular flexibility index (Phi) is 3.97. The van der Waals surface area contributed by atoms with E-state index in [2.05, 4.69) is 10.2 Å². The summed E-state index contributed by atoms with van der Waals surface area (Å²) in [5.41, 5.74) is 0.560. The number of ether oxygens (including phenoxy) is 1.